The van der Waals surface area contributed by atoms with Crippen LogP contribution < -0.4 is 4.74 Å². The fourth-order valence-electron chi connectivity index (χ4n) is 2.46. The number of hydrogen-bond donors (Lipinski definition) is 0. The highest BCUT2D eigenvalue weighted by molar-refractivity contribution is 5.54. The second kappa shape index (κ2) is 7.01. The van der Waals surface area contributed by atoms with Gasteiger partial charge in [0.25, 0.3) is 5.89 Å². The van der Waals surface area contributed by atoms with Gasteiger partial charge in [0.1, 0.15) is 22.9 Å². The van der Waals surface area contributed by atoms with Crippen LogP contribution in [-0.2, 0) is 6.61 Å². The van der Waals surface area contributed by atoms with Gasteiger partial charge in [-0.3, -0.25) is 0 Å². The van der Waals surface area contributed by atoms with Gasteiger partial charge in [0.15, 0.2) is 6.61 Å². The molecule has 0 radical (unpaired) electrons. The second-order valence-electron chi connectivity index (χ2n) is 6.14. The molecule has 0 fully saturated rings. The molecule has 0 spiro atoms. The van der Waals surface area contributed by atoms with E-state index in [4.69, 9.17) is 9.26 Å². The second-order valence-corrected chi connectivity index (χ2v) is 6.14. The molecular formula is C19H18F2N2O2. The molecule has 0 aliphatic heterocycles. The zero-order valence-corrected chi connectivity index (χ0v) is 14.2. The summed E-state index contributed by atoms with van der Waals surface area (Å²) in [6.07, 6.45) is 0. The minimum atomic E-state index is -0.753. The summed E-state index contributed by atoms with van der Waals surface area (Å²) in [5.74, 6) is -0.436. The molecule has 4 nitrogen and oxygen atoms in total. The average Bonchev–Trinajstić information content (AvgIpc) is 3.01. The lowest BCUT2D eigenvalue weighted by Gasteiger charge is -2.10. The van der Waals surface area contributed by atoms with Crippen molar-refractivity contribution in [3.8, 4) is 17.2 Å². The van der Waals surface area contributed by atoms with Crippen LogP contribution >= 0.6 is 0 Å². The lowest BCUT2D eigenvalue weighted by molar-refractivity contribution is 0.286. The third-order valence-corrected chi connectivity index (χ3v) is 3.75. The Hall–Kier alpha value is -2.76. The van der Waals surface area contributed by atoms with Gasteiger partial charge in [-0.2, -0.15) is 4.98 Å². The lowest BCUT2D eigenvalue weighted by Crippen LogP contribution is -1.99. The average molecular weight is 344 g/mol. The van der Waals surface area contributed by atoms with E-state index in [0.717, 1.165) is 23.3 Å². The molecule has 1 aromatic heterocycles. The van der Waals surface area contributed by atoms with Crippen molar-refractivity contribution in [2.24, 2.45) is 0 Å². The number of ether oxygens (including phenoxy) is 1. The molecule has 1 heterocycles. The van der Waals surface area contributed by atoms with Crippen molar-refractivity contribution in [2.45, 2.75) is 33.3 Å². The summed E-state index contributed by atoms with van der Waals surface area (Å²) < 4.78 is 38.2. The van der Waals surface area contributed by atoms with Crippen LogP contribution in [0, 0.1) is 18.6 Å². The van der Waals surface area contributed by atoms with Crippen molar-refractivity contribution in [2.75, 3.05) is 0 Å². The van der Waals surface area contributed by atoms with Gasteiger partial charge in [-0.15, -0.1) is 0 Å². The van der Waals surface area contributed by atoms with Gasteiger partial charge >= 0.3 is 0 Å². The first kappa shape index (κ1) is 17.1. The maximum atomic E-state index is 13.8. The summed E-state index contributed by atoms with van der Waals surface area (Å²) in [6.45, 7) is 6.24. The fourth-order valence-corrected chi connectivity index (χ4v) is 2.46. The maximum absolute atomic E-state index is 13.8. The van der Waals surface area contributed by atoms with E-state index in [1.165, 1.54) is 6.07 Å². The number of rotatable bonds is 5. The van der Waals surface area contributed by atoms with Crippen LogP contribution in [0.4, 0.5) is 8.78 Å². The maximum Gasteiger partial charge on any atom is 0.264 e. The number of aryl methyl sites for hydroxylation is 1. The Bertz CT molecular complexity index is 871. The SMILES string of the molecule is Cc1cc(OCc2noc(-c3c(F)cccc3F)n2)cc(C(C)C)c1. The molecule has 25 heavy (non-hydrogen) atoms. The van der Waals surface area contributed by atoms with Crippen LogP contribution in [0.25, 0.3) is 11.5 Å². The highest BCUT2D eigenvalue weighted by Gasteiger charge is 2.18. The summed E-state index contributed by atoms with van der Waals surface area (Å²) in [7, 11) is 0. The van der Waals surface area contributed by atoms with Gasteiger partial charge < -0.3 is 9.26 Å². The molecule has 130 valence electrons. The molecule has 0 amide bonds. The molecule has 0 atom stereocenters. The van der Waals surface area contributed by atoms with E-state index in [9.17, 15) is 8.78 Å². The zero-order chi connectivity index (χ0) is 18.0. The Kier molecular flexibility index (Phi) is 4.79. The van der Waals surface area contributed by atoms with E-state index in [2.05, 4.69) is 30.1 Å². The standard InChI is InChI=1S/C19H18F2N2O2/c1-11(2)13-7-12(3)8-14(9-13)24-10-17-22-19(25-23-17)18-15(20)5-4-6-16(18)21/h4-9,11H,10H2,1-3H3. The Morgan fingerprint density at radius 2 is 1.84 bits per heavy atom. The van der Waals surface area contributed by atoms with Crippen molar-refractivity contribution in [1.29, 1.82) is 0 Å². The van der Waals surface area contributed by atoms with E-state index in [0.29, 0.717) is 11.7 Å². The normalized spacial score (nSPS) is 11.1. The van der Waals surface area contributed by atoms with E-state index >= 15 is 0 Å². The van der Waals surface area contributed by atoms with Crippen LogP contribution in [-0.4, -0.2) is 10.1 Å². The number of benzene rings is 2. The van der Waals surface area contributed by atoms with Gasteiger partial charge in [0, 0.05) is 0 Å². The Labute approximate surface area is 144 Å². The van der Waals surface area contributed by atoms with Crippen molar-refractivity contribution >= 4 is 0 Å². The number of nitrogens with zero attached hydrogens (tertiary/aromatic N) is 2. The summed E-state index contributed by atoms with van der Waals surface area (Å²) in [5, 5.41) is 3.73. The summed E-state index contributed by atoms with van der Waals surface area (Å²) in [5.41, 5.74) is 1.92. The van der Waals surface area contributed by atoms with Crippen LogP contribution in [0.1, 0.15) is 36.7 Å². The van der Waals surface area contributed by atoms with Crippen molar-refractivity contribution in [3.63, 3.8) is 0 Å². The highest BCUT2D eigenvalue weighted by atomic mass is 19.1. The third kappa shape index (κ3) is 3.84. The van der Waals surface area contributed by atoms with Crippen LogP contribution in [0.2, 0.25) is 0 Å². The zero-order valence-electron chi connectivity index (χ0n) is 14.2. The Morgan fingerprint density at radius 1 is 1.12 bits per heavy atom. The molecule has 0 saturated carbocycles. The third-order valence-electron chi connectivity index (χ3n) is 3.75. The molecular weight excluding hydrogens is 326 g/mol. The smallest absolute Gasteiger partial charge is 0.264 e. The van der Waals surface area contributed by atoms with Crippen molar-refractivity contribution in [1.82, 2.24) is 10.1 Å². The molecule has 0 aliphatic rings. The van der Waals surface area contributed by atoms with E-state index in [1.54, 1.807) is 0 Å². The molecule has 0 saturated heterocycles. The van der Waals surface area contributed by atoms with E-state index in [-0.39, 0.29) is 23.9 Å². The van der Waals surface area contributed by atoms with E-state index < -0.39 is 11.6 Å². The van der Waals surface area contributed by atoms with Crippen LogP contribution in [0.15, 0.2) is 40.9 Å². The number of hydrogen-bond acceptors (Lipinski definition) is 4. The van der Waals surface area contributed by atoms with Crippen LogP contribution in [0.3, 0.4) is 0 Å². The molecule has 0 aliphatic carbocycles. The first-order valence-electron chi connectivity index (χ1n) is 7.95. The topological polar surface area (TPSA) is 48.2 Å². The number of aromatic nitrogens is 2. The highest BCUT2D eigenvalue weighted by Crippen LogP contribution is 2.25. The number of halogens is 2. The predicted molar refractivity (Wildman–Crippen MR) is 89.3 cm³/mol. The molecule has 3 rings (SSSR count). The predicted octanol–water partition coefficient (Wildman–Crippen LogP) is 5.03. The fraction of sp³-hybridized carbons (Fsp3) is 0.263. The quantitative estimate of drug-likeness (QED) is 0.652. The summed E-state index contributed by atoms with van der Waals surface area (Å²) in [6, 6.07) is 9.51. The van der Waals surface area contributed by atoms with E-state index in [1.807, 2.05) is 19.1 Å². The molecule has 0 N–H and O–H groups in total. The van der Waals surface area contributed by atoms with Gasteiger partial charge in [0.05, 0.1) is 0 Å². The lowest BCUT2D eigenvalue weighted by atomic mass is 10.0. The molecule has 2 aromatic carbocycles. The van der Waals surface area contributed by atoms with Crippen LogP contribution in [0.5, 0.6) is 5.75 Å². The minimum absolute atomic E-state index is 0.0422. The first-order valence-corrected chi connectivity index (χ1v) is 7.95. The van der Waals surface area contributed by atoms with Gasteiger partial charge in [-0.05, 0) is 48.2 Å². The van der Waals surface area contributed by atoms with Crippen molar-refractivity contribution in [3.05, 3.63) is 65.0 Å². The minimum Gasteiger partial charge on any atom is -0.485 e. The van der Waals surface area contributed by atoms with Gasteiger partial charge in [-0.25, -0.2) is 8.78 Å². The van der Waals surface area contributed by atoms with Gasteiger partial charge in [0.2, 0.25) is 5.82 Å². The largest absolute Gasteiger partial charge is 0.485 e. The molecule has 3 aromatic rings. The van der Waals surface area contributed by atoms with Gasteiger partial charge in [-0.1, -0.05) is 31.1 Å². The van der Waals surface area contributed by atoms with Crippen molar-refractivity contribution < 1.29 is 18.0 Å². The summed E-state index contributed by atoms with van der Waals surface area (Å²) >= 11 is 0. The Morgan fingerprint density at radius 3 is 2.52 bits per heavy atom. The molecule has 0 unspecified atom stereocenters. The molecule has 6 heteroatoms. The monoisotopic (exact) mass is 344 g/mol. The summed E-state index contributed by atoms with van der Waals surface area (Å²) in [4.78, 5) is 4.01. The Balaban J connectivity index is 1.77. The molecule has 0 bridgehead atoms. The first-order chi connectivity index (χ1) is 11.9.